The van der Waals surface area contributed by atoms with Crippen molar-refractivity contribution in [2.45, 2.75) is 41.2 Å². The first-order chi connectivity index (χ1) is 15.7. The molecule has 0 unspecified atom stereocenters. The molecule has 0 heterocycles. The van der Waals surface area contributed by atoms with Crippen LogP contribution in [0.3, 0.4) is 0 Å². The summed E-state index contributed by atoms with van der Waals surface area (Å²) < 4.78 is 63.5. The molecule has 2 aliphatic rings. The summed E-state index contributed by atoms with van der Waals surface area (Å²) in [6.07, 6.45) is -5.52. The monoisotopic (exact) mass is 540 g/mol. The lowest BCUT2D eigenvalue weighted by atomic mass is 9.88. The quantitative estimate of drug-likeness (QED) is 0.339. The molecule has 2 saturated carbocycles. The Morgan fingerprint density at radius 3 is 2.32 bits per heavy atom. The third-order valence-electron chi connectivity index (χ3n) is 5.81. The molecule has 4 nitrogen and oxygen atoms in total. The minimum Gasteiger partial charge on any atom is -0.349 e. The molecule has 2 amide bonds. The summed E-state index contributed by atoms with van der Waals surface area (Å²) in [5.74, 6) is -6.09. The number of carbonyl (C=O) groups is 2. The van der Waals surface area contributed by atoms with Gasteiger partial charge in [-0.25, -0.2) is 8.78 Å². The molecule has 12 heteroatoms. The molecule has 2 fully saturated rings. The van der Waals surface area contributed by atoms with Crippen molar-refractivity contribution in [3.8, 4) is 0 Å². The number of nitrogens with one attached hydrogen (secondary N) is 2. The van der Waals surface area contributed by atoms with Crippen molar-refractivity contribution in [2.24, 2.45) is 5.92 Å². The smallest absolute Gasteiger partial charge is 0.349 e. The number of carbonyl (C=O) groups excluding carboxylic acids is 2. The van der Waals surface area contributed by atoms with E-state index in [2.05, 4.69) is 10.6 Å². The minimum atomic E-state index is -4.57. The molecule has 182 valence electrons. The van der Waals surface area contributed by atoms with E-state index in [1.165, 1.54) is 30.3 Å². The number of halogens is 8. The fourth-order valence-corrected chi connectivity index (χ4v) is 5.03. The minimum absolute atomic E-state index is 0.0390. The van der Waals surface area contributed by atoms with Gasteiger partial charge in [0.2, 0.25) is 5.91 Å². The van der Waals surface area contributed by atoms with Crippen molar-refractivity contribution in [2.75, 3.05) is 5.32 Å². The molecule has 2 aromatic rings. The maximum Gasteiger partial charge on any atom is 0.416 e. The van der Waals surface area contributed by atoms with E-state index >= 15 is 0 Å². The van der Waals surface area contributed by atoms with Crippen molar-refractivity contribution < 1.29 is 31.5 Å². The maximum absolute atomic E-state index is 13.0. The highest BCUT2D eigenvalue weighted by molar-refractivity contribution is 6.53. The first kappa shape index (κ1) is 25.0. The van der Waals surface area contributed by atoms with Gasteiger partial charge in [-0.15, -0.1) is 23.2 Å². The van der Waals surface area contributed by atoms with Gasteiger partial charge in [0.25, 0.3) is 11.8 Å². The average Bonchev–Trinajstić information content (AvgIpc) is 3.29. The van der Waals surface area contributed by atoms with Crippen LogP contribution in [-0.2, 0) is 11.0 Å². The largest absolute Gasteiger partial charge is 0.416 e. The van der Waals surface area contributed by atoms with Crippen LogP contribution in [0.15, 0.2) is 42.5 Å². The summed E-state index contributed by atoms with van der Waals surface area (Å²) in [6, 6.07) is 7.72. The molecule has 0 spiro atoms. The molecule has 34 heavy (non-hydrogen) atoms. The van der Waals surface area contributed by atoms with E-state index in [9.17, 15) is 31.5 Å². The number of amides is 2. The van der Waals surface area contributed by atoms with Gasteiger partial charge in [-0.2, -0.15) is 13.2 Å². The van der Waals surface area contributed by atoms with Crippen molar-refractivity contribution in [1.29, 1.82) is 0 Å². The molecule has 0 aliphatic heterocycles. The van der Waals surface area contributed by atoms with E-state index in [4.69, 9.17) is 34.8 Å². The molecular weight excluding hydrogens is 526 g/mol. The Hall–Kier alpha value is -2.10. The molecule has 0 saturated heterocycles. The fourth-order valence-electron chi connectivity index (χ4n) is 4.00. The van der Waals surface area contributed by atoms with Crippen molar-refractivity contribution >= 4 is 52.3 Å². The summed E-state index contributed by atoms with van der Waals surface area (Å²) in [5.41, 5.74) is -0.619. The van der Waals surface area contributed by atoms with Gasteiger partial charge in [0.15, 0.2) is 0 Å². The van der Waals surface area contributed by atoms with Crippen LogP contribution in [0.1, 0.15) is 40.2 Å². The molecule has 2 aliphatic carbocycles. The number of hydrogen-bond acceptors (Lipinski definition) is 2. The zero-order chi connectivity index (χ0) is 25.1. The van der Waals surface area contributed by atoms with Gasteiger partial charge in [0.05, 0.1) is 22.1 Å². The van der Waals surface area contributed by atoms with E-state index in [1.807, 2.05) is 0 Å². The summed E-state index contributed by atoms with van der Waals surface area (Å²) >= 11 is 18.5. The van der Waals surface area contributed by atoms with Crippen LogP contribution in [0.4, 0.5) is 27.6 Å². The van der Waals surface area contributed by atoms with E-state index in [1.54, 1.807) is 0 Å². The third kappa shape index (κ3) is 4.97. The van der Waals surface area contributed by atoms with E-state index in [-0.39, 0.29) is 21.8 Å². The molecule has 0 radical (unpaired) electrons. The van der Waals surface area contributed by atoms with E-state index in [0.717, 1.165) is 12.1 Å². The second-order valence-corrected chi connectivity index (χ2v) is 10.2. The number of alkyl halides is 7. The second kappa shape index (κ2) is 8.53. The fraction of sp³-hybridized carbons (Fsp3) is 0.364. The highest BCUT2D eigenvalue weighted by Crippen LogP contribution is 2.65. The number of benzene rings is 2. The predicted molar refractivity (Wildman–Crippen MR) is 118 cm³/mol. The van der Waals surface area contributed by atoms with Gasteiger partial charge >= 0.3 is 6.18 Å². The third-order valence-corrected chi connectivity index (χ3v) is 7.08. The van der Waals surface area contributed by atoms with Crippen molar-refractivity contribution in [3.63, 3.8) is 0 Å². The zero-order valence-electron chi connectivity index (χ0n) is 17.0. The van der Waals surface area contributed by atoms with Gasteiger partial charge in [-0.3, -0.25) is 9.59 Å². The lowest BCUT2D eigenvalue weighted by Crippen LogP contribution is -2.50. The van der Waals surface area contributed by atoms with Crippen LogP contribution in [0.2, 0.25) is 5.02 Å². The Bertz CT molecular complexity index is 1150. The summed E-state index contributed by atoms with van der Waals surface area (Å²) in [7, 11) is 0. The lowest BCUT2D eigenvalue weighted by Gasteiger charge is -2.35. The van der Waals surface area contributed by atoms with Gasteiger partial charge in [0, 0.05) is 30.5 Å². The summed E-state index contributed by atoms with van der Waals surface area (Å²) in [6.45, 7) is 0. The Kier molecular flexibility index (Phi) is 6.28. The van der Waals surface area contributed by atoms with Crippen LogP contribution in [0.25, 0.3) is 0 Å². The van der Waals surface area contributed by atoms with Gasteiger partial charge in [0.1, 0.15) is 4.33 Å². The molecular formula is C22H16Cl3F5N2O2. The molecule has 0 bridgehead atoms. The highest BCUT2D eigenvalue weighted by atomic mass is 35.5. The second-order valence-electron chi connectivity index (χ2n) is 8.37. The Morgan fingerprint density at radius 1 is 1.03 bits per heavy atom. The number of hydrogen-bond donors (Lipinski definition) is 2. The van der Waals surface area contributed by atoms with Gasteiger partial charge in [-0.1, -0.05) is 29.8 Å². The first-order valence-electron chi connectivity index (χ1n) is 10.0. The topological polar surface area (TPSA) is 58.2 Å². The van der Waals surface area contributed by atoms with Gasteiger partial charge in [-0.05, 0) is 29.8 Å². The standard InChI is InChI=1S/C22H16Cl3F5N2O2/c23-15-5-4-12(7-14(15)18(33)32-13-8-20(26,27)9-13)31-19(34)17-16(21(17,24)25)10-2-1-3-11(6-10)22(28,29)30/h1-7,13,16-17H,8-9H2,(H,31,34)(H,32,33)/t16-,17+/m1/s1. The van der Waals surface area contributed by atoms with Crippen LogP contribution in [-0.4, -0.2) is 28.1 Å². The molecule has 0 aromatic heterocycles. The first-order valence-corrected chi connectivity index (χ1v) is 11.2. The van der Waals surface area contributed by atoms with Crippen molar-refractivity contribution in [3.05, 3.63) is 64.2 Å². The van der Waals surface area contributed by atoms with Crippen LogP contribution >= 0.6 is 34.8 Å². The Balaban J connectivity index is 1.47. The van der Waals surface area contributed by atoms with E-state index < -0.39 is 64.5 Å². The lowest BCUT2D eigenvalue weighted by molar-refractivity contribution is -0.137. The molecule has 4 rings (SSSR count). The van der Waals surface area contributed by atoms with Crippen LogP contribution in [0, 0.1) is 5.92 Å². The Labute approximate surface area is 205 Å². The van der Waals surface area contributed by atoms with Crippen LogP contribution < -0.4 is 10.6 Å². The predicted octanol–water partition coefficient (Wildman–Crippen LogP) is 6.41. The molecule has 2 atom stereocenters. The maximum atomic E-state index is 13.0. The zero-order valence-corrected chi connectivity index (χ0v) is 19.3. The average molecular weight is 542 g/mol. The van der Waals surface area contributed by atoms with Gasteiger partial charge < -0.3 is 10.6 Å². The van der Waals surface area contributed by atoms with E-state index in [0.29, 0.717) is 0 Å². The molecule has 2 N–H and O–H groups in total. The SMILES string of the molecule is O=C(NC1CC(F)(F)C1)c1cc(NC(=O)[C@@H]2[C@@H](c3cccc(C(F)(F)F)c3)C2(Cl)Cl)ccc1Cl. The van der Waals surface area contributed by atoms with Crippen molar-refractivity contribution in [1.82, 2.24) is 5.32 Å². The summed E-state index contributed by atoms with van der Waals surface area (Å²) in [4.78, 5) is 25.2. The van der Waals surface area contributed by atoms with Crippen LogP contribution in [0.5, 0.6) is 0 Å². The normalized spacial score (nSPS) is 23.1. The molecule has 2 aromatic carbocycles. The number of anilines is 1. The Morgan fingerprint density at radius 2 is 1.71 bits per heavy atom. The summed E-state index contributed by atoms with van der Waals surface area (Å²) in [5, 5.41) is 5.03. The highest BCUT2D eigenvalue weighted by Gasteiger charge is 2.67. The number of rotatable bonds is 5.